The highest BCUT2D eigenvalue weighted by atomic mass is 16.5. The van der Waals surface area contributed by atoms with Crippen molar-refractivity contribution in [2.24, 2.45) is 0 Å². The van der Waals surface area contributed by atoms with E-state index >= 15 is 0 Å². The Kier molecular flexibility index (Phi) is 4.83. The summed E-state index contributed by atoms with van der Waals surface area (Å²) in [6, 6.07) is 17.5. The molecule has 28 heavy (non-hydrogen) atoms. The van der Waals surface area contributed by atoms with Gasteiger partial charge in [0.25, 0.3) is 0 Å². The average molecular weight is 374 g/mol. The number of hydrogen-bond acceptors (Lipinski definition) is 5. The predicted molar refractivity (Wildman–Crippen MR) is 113 cm³/mol. The fraction of sp³-hybridized carbons (Fsp3) is 0.391. The molecule has 5 rings (SSSR count). The summed E-state index contributed by atoms with van der Waals surface area (Å²) in [6.45, 7) is 5.54. The first kappa shape index (κ1) is 17.4. The number of ether oxygens (including phenoxy) is 1. The highest BCUT2D eigenvalue weighted by Gasteiger charge is 2.24. The van der Waals surface area contributed by atoms with Crippen LogP contribution in [-0.4, -0.2) is 49.4 Å². The minimum Gasteiger partial charge on any atom is -0.378 e. The molecule has 1 atom stereocenters. The summed E-state index contributed by atoms with van der Waals surface area (Å²) >= 11 is 0. The van der Waals surface area contributed by atoms with Gasteiger partial charge in [0.05, 0.1) is 18.7 Å². The Morgan fingerprint density at radius 1 is 0.893 bits per heavy atom. The molecule has 144 valence electrons. The molecule has 0 spiro atoms. The number of hydrogen-bond donors (Lipinski definition) is 0. The lowest BCUT2D eigenvalue weighted by Crippen LogP contribution is -2.36. The van der Waals surface area contributed by atoms with Crippen molar-refractivity contribution < 1.29 is 4.74 Å². The topological polar surface area (TPSA) is 41.5 Å². The largest absolute Gasteiger partial charge is 0.378 e. The van der Waals surface area contributed by atoms with Gasteiger partial charge in [0.2, 0.25) is 0 Å². The molecule has 2 aliphatic heterocycles. The zero-order valence-electron chi connectivity index (χ0n) is 16.1. The van der Waals surface area contributed by atoms with Gasteiger partial charge in [-0.1, -0.05) is 30.3 Å². The van der Waals surface area contributed by atoms with E-state index in [2.05, 4.69) is 68.3 Å². The van der Waals surface area contributed by atoms with E-state index in [0.717, 1.165) is 56.1 Å². The SMILES string of the molecule is c1ccc([C@@H]2CCCN(c3ncnc4cc(N5CCOCC5)ccc34)C2)cc1. The van der Waals surface area contributed by atoms with Gasteiger partial charge in [-0.25, -0.2) is 9.97 Å². The first-order valence-electron chi connectivity index (χ1n) is 10.3. The second-order valence-electron chi connectivity index (χ2n) is 7.69. The molecule has 0 saturated carbocycles. The van der Waals surface area contributed by atoms with Crippen molar-refractivity contribution in [2.75, 3.05) is 49.2 Å². The fourth-order valence-electron chi connectivity index (χ4n) is 4.47. The van der Waals surface area contributed by atoms with Gasteiger partial charge in [-0.15, -0.1) is 0 Å². The van der Waals surface area contributed by atoms with Crippen molar-refractivity contribution in [3.05, 3.63) is 60.4 Å². The summed E-state index contributed by atoms with van der Waals surface area (Å²) < 4.78 is 5.48. The van der Waals surface area contributed by atoms with Crippen molar-refractivity contribution in [3.8, 4) is 0 Å². The first-order chi connectivity index (χ1) is 13.9. The quantitative estimate of drug-likeness (QED) is 0.697. The van der Waals surface area contributed by atoms with Gasteiger partial charge in [0, 0.05) is 43.2 Å². The number of piperidine rings is 1. The molecule has 0 unspecified atom stereocenters. The van der Waals surface area contributed by atoms with Gasteiger partial charge in [0.15, 0.2) is 0 Å². The maximum atomic E-state index is 5.48. The zero-order valence-corrected chi connectivity index (χ0v) is 16.1. The molecule has 2 aromatic carbocycles. The van der Waals surface area contributed by atoms with Crippen molar-refractivity contribution in [1.29, 1.82) is 0 Å². The van der Waals surface area contributed by atoms with Crippen molar-refractivity contribution in [2.45, 2.75) is 18.8 Å². The summed E-state index contributed by atoms with van der Waals surface area (Å²) in [4.78, 5) is 14.1. The van der Waals surface area contributed by atoms with E-state index in [-0.39, 0.29) is 0 Å². The Labute approximate surface area is 166 Å². The molecule has 0 aliphatic carbocycles. The third-order valence-electron chi connectivity index (χ3n) is 5.97. The van der Waals surface area contributed by atoms with Crippen LogP contribution in [0.15, 0.2) is 54.9 Å². The Morgan fingerprint density at radius 3 is 2.61 bits per heavy atom. The highest BCUT2D eigenvalue weighted by Crippen LogP contribution is 2.33. The number of aromatic nitrogens is 2. The van der Waals surface area contributed by atoms with Crippen LogP contribution in [0.25, 0.3) is 10.9 Å². The van der Waals surface area contributed by atoms with Crippen LogP contribution in [0.3, 0.4) is 0 Å². The van der Waals surface area contributed by atoms with Gasteiger partial charge in [-0.05, 0) is 36.6 Å². The van der Waals surface area contributed by atoms with E-state index < -0.39 is 0 Å². The zero-order chi connectivity index (χ0) is 18.8. The first-order valence-corrected chi connectivity index (χ1v) is 10.3. The Bertz CT molecular complexity index is 940. The fourth-order valence-corrected chi connectivity index (χ4v) is 4.47. The number of benzene rings is 2. The molecule has 3 heterocycles. The third-order valence-corrected chi connectivity index (χ3v) is 5.97. The number of morpholine rings is 1. The van der Waals surface area contributed by atoms with E-state index in [0.29, 0.717) is 5.92 Å². The van der Waals surface area contributed by atoms with Crippen LogP contribution in [0.4, 0.5) is 11.5 Å². The van der Waals surface area contributed by atoms with Gasteiger partial charge < -0.3 is 14.5 Å². The molecule has 2 aliphatic rings. The van der Waals surface area contributed by atoms with Crippen molar-refractivity contribution >= 4 is 22.4 Å². The normalized spacial score (nSPS) is 20.5. The van der Waals surface area contributed by atoms with Crippen LogP contribution in [0.1, 0.15) is 24.3 Å². The monoisotopic (exact) mass is 374 g/mol. The molecule has 1 aromatic heterocycles. The smallest absolute Gasteiger partial charge is 0.139 e. The number of anilines is 2. The minimum atomic E-state index is 0.563. The molecule has 2 saturated heterocycles. The van der Waals surface area contributed by atoms with Crippen LogP contribution in [0.2, 0.25) is 0 Å². The van der Waals surface area contributed by atoms with E-state index in [1.54, 1.807) is 6.33 Å². The van der Waals surface area contributed by atoms with Crippen LogP contribution in [0.5, 0.6) is 0 Å². The average Bonchev–Trinajstić information content (AvgIpc) is 2.79. The Hall–Kier alpha value is -2.66. The lowest BCUT2D eigenvalue weighted by Gasteiger charge is -2.34. The third kappa shape index (κ3) is 3.42. The van der Waals surface area contributed by atoms with Gasteiger partial charge in [-0.3, -0.25) is 0 Å². The Morgan fingerprint density at radius 2 is 1.75 bits per heavy atom. The van der Waals surface area contributed by atoms with Crippen LogP contribution in [0, 0.1) is 0 Å². The minimum absolute atomic E-state index is 0.563. The van der Waals surface area contributed by atoms with E-state index in [1.165, 1.54) is 24.1 Å². The molecule has 0 N–H and O–H groups in total. The molecule has 3 aromatic rings. The molecule has 5 heteroatoms. The van der Waals surface area contributed by atoms with E-state index in [1.807, 2.05) is 0 Å². The van der Waals surface area contributed by atoms with Gasteiger partial charge >= 0.3 is 0 Å². The molecule has 0 radical (unpaired) electrons. The summed E-state index contributed by atoms with van der Waals surface area (Å²) in [5.74, 6) is 1.63. The summed E-state index contributed by atoms with van der Waals surface area (Å²) in [5.41, 5.74) is 3.68. The van der Waals surface area contributed by atoms with Crippen LogP contribution < -0.4 is 9.80 Å². The highest BCUT2D eigenvalue weighted by molar-refractivity contribution is 5.91. The maximum Gasteiger partial charge on any atom is 0.139 e. The lowest BCUT2D eigenvalue weighted by molar-refractivity contribution is 0.122. The summed E-state index contributed by atoms with van der Waals surface area (Å²) in [7, 11) is 0. The predicted octanol–water partition coefficient (Wildman–Crippen LogP) is 3.85. The molecular formula is C23H26N4O. The van der Waals surface area contributed by atoms with Crippen LogP contribution in [-0.2, 0) is 4.74 Å². The molecular weight excluding hydrogens is 348 g/mol. The molecule has 0 bridgehead atoms. The molecule has 2 fully saturated rings. The van der Waals surface area contributed by atoms with Gasteiger partial charge in [-0.2, -0.15) is 0 Å². The maximum absolute atomic E-state index is 5.48. The lowest BCUT2D eigenvalue weighted by atomic mass is 9.90. The number of nitrogens with zero attached hydrogens (tertiary/aromatic N) is 4. The van der Waals surface area contributed by atoms with Crippen molar-refractivity contribution in [3.63, 3.8) is 0 Å². The van der Waals surface area contributed by atoms with Crippen molar-refractivity contribution in [1.82, 2.24) is 9.97 Å². The summed E-state index contributed by atoms with van der Waals surface area (Å²) in [6.07, 6.45) is 4.15. The van der Waals surface area contributed by atoms with Crippen LogP contribution >= 0.6 is 0 Å². The molecule has 0 amide bonds. The van der Waals surface area contributed by atoms with Gasteiger partial charge in [0.1, 0.15) is 12.1 Å². The second-order valence-corrected chi connectivity index (χ2v) is 7.69. The number of fused-ring (bicyclic) bond motifs is 1. The van der Waals surface area contributed by atoms with E-state index in [9.17, 15) is 0 Å². The second kappa shape index (κ2) is 7.76. The molecule has 5 nitrogen and oxygen atoms in total. The summed E-state index contributed by atoms with van der Waals surface area (Å²) in [5, 5.41) is 1.15. The Balaban J connectivity index is 1.43. The number of rotatable bonds is 3. The standard InChI is InChI=1S/C23H26N4O/c1-2-5-18(6-3-1)19-7-4-10-27(16-19)23-21-9-8-20(15-22(21)24-17-25-23)26-11-13-28-14-12-26/h1-3,5-6,8-9,15,17,19H,4,7,10-14,16H2/t19-/m1/s1. The van der Waals surface area contributed by atoms with E-state index in [4.69, 9.17) is 4.74 Å².